The van der Waals surface area contributed by atoms with Crippen LogP contribution in [0.5, 0.6) is 0 Å². The molecule has 0 heterocycles. The second-order valence-corrected chi connectivity index (χ2v) is 11.1. The first-order chi connectivity index (χ1) is 20.6. The van der Waals surface area contributed by atoms with Crippen molar-refractivity contribution in [2.45, 2.75) is 70.4 Å². The van der Waals surface area contributed by atoms with Gasteiger partial charge < -0.3 is 36.0 Å². The Bertz CT molecular complexity index is 852. The molecule has 0 saturated carbocycles. The predicted molar refractivity (Wildman–Crippen MR) is 168 cm³/mol. The van der Waals surface area contributed by atoms with Gasteiger partial charge in [-0.15, -0.1) is 0 Å². The van der Waals surface area contributed by atoms with Gasteiger partial charge in [-0.1, -0.05) is 41.6 Å². The van der Waals surface area contributed by atoms with Crippen molar-refractivity contribution in [1.82, 2.24) is 31.5 Å². The normalized spacial score (nSPS) is 11.3. The van der Waals surface area contributed by atoms with Crippen LogP contribution >= 0.6 is 31.9 Å². The number of hydrogen-bond acceptors (Lipinski definition) is 9. The van der Waals surface area contributed by atoms with Crippen LogP contribution in [-0.2, 0) is 33.5 Å². The molecule has 0 aromatic heterocycles. The minimum Gasteiger partial charge on any atom is -0.383 e. The number of halogens is 2. The van der Waals surface area contributed by atoms with Gasteiger partial charge in [0.25, 0.3) is 10.6 Å². The van der Waals surface area contributed by atoms with E-state index < -0.39 is 22.7 Å². The van der Waals surface area contributed by atoms with Crippen LogP contribution in [0, 0.1) is 0 Å². The van der Waals surface area contributed by atoms with Gasteiger partial charge in [-0.3, -0.25) is 34.1 Å². The zero-order valence-electron chi connectivity index (χ0n) is 25.0. The number of unbranched alkanes of at least 4 members (excludes halogenated alkanes) is 6. The van der Waals surface area contributed by atoms with E-state index in [1.54, 1.807) is 0 Å². The van der Waals surface area contributed by atoms with Gasteiger partial charge in [0.15, 0.2) is 0 Å². The Morgan fingerprint density at radius 1 is 0.721 bits per heavy atom. The van der Waals surface area contributed by atoms with Gasteiger partial charge in [0, 0.05) is 62.1 Å². The maximum atomic E-state index is 12.9. The third kappa shape index (κ3) is 24.9. The lowest BCUT2D eigenvalue weighted by atomic mass is 10.2. The molecule has 6 N–H and O–H groups in total. The smallest absolute Gasteiger partial charge is 0.299 e. The SMILES string of the molecule is COCCNC(=O)CCC(=O)N(CC(=O)NCCCCCCNC(=O)CBr)CC(O)NCCCCCCNC(=O)C(=O)Br. The van der Waals surface area contributed by atoms with Gasteiger partial charge in [-0.25, -0.2) is 0 Å². The molecule has 43 heavy (non-hydrogen) atoms. The molecular weight excluding hydrogens is 696 g/mol. The molecule has 0 fully saturated rings. The molecule has 0 bridgehead atoms. The summed E-state index contributed by atoms with van der Waals surface area (Å²) >= 11 is 5.68. The molecule has 0 aliphatic heterocycles. The Kier molecular flexibility index (Phi) is 26.0. The number of hydrogen-bond donors (Lipinski definition) is 6. The molecule has 0 aromatic carbocycles. The fourth-order valence-electron chi connectivity index (χ4n) is 3.77. The number of ether oxygens (including phenoxy) is 1. The summed E-state index contributed by atoms with van der Waals surface area (Å²) in [6.45, 7) is 2.23. The van der Waals surface area contributed by atoms with E-state index in [2.05, 4.69) is 58.4 Å². The summed E-state index contributed by atoms with van der Waals surface area (Å²) in [6.07, 6.45) is 5.23. The van der Waals surface area contributed by atoms with Gasteiger partial charge >= 0.3 is 0 Å². The number of amides is 5. The molecule has 0 aromatic rings. The largest absolute Gasteiger partial charge is 0.383 e. The molecule has 0 aliphatic carbocycles. The first kappa shape index (κ1) is 40.9. The first-order valence-electron chi connectivity index (χ1n) is 14.6. The molecule has 16 heteroatoms. The van der Waals surface area contributed by atoms with E-state index in [-0.39, 0.29) is 49.0 Å². The van der Waals surface area contributed by atoms with Gasteiger partial charge in [0.1, 0.15) is 6.23 Å². The maximum Gasteiger partial charge on any atom is 0.299 e. The number of methoxy groups -OCH3 is 1. The average Bonchev–Trinajstić information content (AvgIpc) is 2.97. The highest BCUT2D eigenvalue weighted by molar-refractivity contribution is 9.19. The van der Waals surface area contributed by atoms with Crippen molar-refractivity contribution in [2.24, 2.45) is 0 Å². The van der Waals surface area contributed by atoms with E-state index in [9.17, 15) is 33.9 Å². The molecule has 0 radical (unpaired) electrons. The van der Waals surface area contributed by atoms with Crippen LogP contribution in [-0.4, -0.2) is 115 Å². The Morgan fingerprint density at radius 3 is 1.81 bits per heavy atom. The molecule has 5 amide bonds. The number of nitrogens with zero attached hydrogens (tertiary/aromatic N) is 1. The Morgan fingerprint density at radius 2 is 1.26 bits per heavy atom. The van der Waals surface area contributed by atoms with Crippen molar-refractivity contribution >= 4 is 66.1 Å². The Balaban J connectivity index is 4.53. The second kappa shape index (κ2) is 27.4. The van der Waals surface area contributed by atoms with Crippen molar-refractivity contribution in [1.29, 1.82) is 0 Å². The summed E-state index contributed by atoms with van der Waals surface area (Å²) in [5, 5.41) is 24.4. The lowest BCUT2D eigenvalue weighted by Gasteiger charge is -2.25. The third-order valence-corrected chi connectivity index (χ3v) is 6.96. The molecular formula is C27H48Br2N6O8. The van der Waals surface area contributed by atoms with Crippen molar-refractivity contribution in [3.8, 4) is 0 Å². The average molecular weight is 745 g/mol. The predicted octanol–water partition coefficient (Wildman–Crippen LogP) is 0.0516. The molecule has 0 rings (SSSR count). The third-order valence-electron chi connectivity index (χ3n) is 6.09. The van der Waals surface area contributed by atoms with Crippen LogP contribution in [0.1, 0.15) is 64.2 Å². The lowest BCUT2D eigenvalue weighted by Crippen LogP contribution is -2.48. The van der Waals surface area contributed by atoms with Crippen molar-refractivity contribution in [3.63, 3.8) is 0 Å². The number of rotatable bonds is 27. The minimum atomic E-state index is -1.07. The molecule has 1 atom stereocenters. The minimum absolute atomic E-state index is 0.0511. The monoisotopic (exact) mass is 742 g/mol. The zero-order valence-corrected chi connectivity index (χ0v) is 28.2. The highest BCUT2D eigenvalue weighted by Crippen LogP contribution is 2.03. The maximum absolute atomic E-state index is 12.9. The van der Waals surface area contributed by atoms with Gasteiger partial charge in [0.05, 0.1) is 25.0 Å². The fourth-order valence-corrected chi connectivity index (χ4v) is 4.11. The van der Waals surface area contributed by atoms with Gasteiger partial charge in [-0.05, 0) is 32.2 Å². The number of carbonyl (C=O) groups excluding carboxylic acids is 6. The molecule has 0 spiro atoms. The number of aliphatic hydroxyl groups is 1. The molecule has 14 nitrogen and oxygen atoms in total. The summed E-state index contributed by atoms with van der Waals surface area (Å²) < 4.78 is 4.18. The zero-order chi connectivity index (χ0) is 32.3. The quantitative estimate of drug-likeness (QED) is 0.0222. The van der Waals surface area contributed by atoms with Crippen molar-refractivity contribution in [2.75, 3.05) is 64.9 Å². The highest BCUT2D eigenvalue weighted by Gasteiger charge is 2.21. The van der Waals surface area contributed by atoms with E-state index in [1.807, 2.05) is 0 Å². The van der Waals surface area contributed by atoms with Crippen molar-refractivity contribution in [3.05, 3.63) is 0 Å². The van der Waals surface area contributed by atoms with Crippen LogP contribution in [0.2, 0.25) is 0 Å². The first-order valence-corrected chi connectivity index (χ1v) is 16.5. The molecule has 0 aliphatic rings. The van der Waals surface area contributed by atoms with Gasteiger partial charge in [0.2, 0.25) is 23.6 Å². The number of alkyl halides is 1. The topological polar surface area (TPSA) is 195 Å². The van der Waals surface area contributed by atoms with E-state index in [0.29, 0.717) is 45.8 Å². The van der Waals surface area contributed by atoms with Crippen LogP contribution in [0.15, 0.2) is 0 Å². The molecule has 0 saturated heterocycles. The van der Waals surface area contributed by atoms with Gasteiger partial charge in [-0.2, -0.15) is 0 Å². The van der Waals surface area contributed by atoms with Crippen LogP contribution in [0.25, 0.3) is 0 Å². The number of carbonyl (C=O) groups is 6. The lowest BCUT2D eigenvalue weighted by molar-refractivity contribution is -0.138. The Hall–Kier alpha value is -2.14. The van der Waals surface area contributed by atoms with E-state index in [1.165, 1.54) is 12.0 Å². The van der Waals surface area contributed by atoms with Crippen LogP contribution in [0.4, 0.5) is 0 Å². The van der Waals surface area contributed by atoms with Crippen LogP contribution in [0.3, 0.4) is 0 Å². The molecule has 1 unspecified atom stereocenters. The van der Waals surface area contributed by atoms with Crippen molar-refractivity contribution < 1.29 is 38.6 Å². The second-order valence-electron chi connectivity index (χ2n) is 9.78. The summed E-state index contributed by atoms with van der Waals surface area (Å²) in [6, 6.07) is 0. The van der Waals surface area contributed by atoms with E-state index in [0.717, 1.165) is 44.9 Å². The number of nitrogens with one attached hydrogen (secondary N) is 5. The number of aliphatic hydroxyl groups excluding tert-OH is 1. The van der Waals surface area contributed by atoms with E-state index >= 15 is 0 Å². The van der Waals surface area contributed by atoms with E-state index in [4.69, 9.17) is 4.74 Å². The summed E-state index contributed by atoms with van der Waals surface area (Å²) in [5.74, 6) is -1.81. The fraction of sp³-hybridized carbons (Fsp3) is 0.778. The van der Waals surface area contributed by atoms with Crippen LogP contribution < -0.4 is 26.6 Å². The summed E-state index contributed by atoms with van der Waals surface area (Å²) in [7, 11) is 1.52. The Labute approximate surface area is 270 Å². The molecule has 248 valence electrons. The summed E-state index contributed by atoms with van der Waals surface area (Å²) in [4.78, 5) is 71.9. The standard InChI is InChI=1S/C27H48Br2N6O8/c1-43-17-16-33-21(36)10-11-25(40)35(19-23(38)31-13-7-3-2-6-12-30-22(37)18-28)20-24(39)32-14-8-4-5-9-15-34-27(42)26(29)41/h24,32,39H,2-20H2,1H3,(H,30,37)(H,31,38)(H,33,36)(H,34,42). The highest BCUT2D eigenvalue weighted by atomic mass is 79.9. The summed E-state index contributed by atoms with van der Waals surface area (Å²) in [5.41, 5.74) is 0.